The summed E-state index contributed by atoms with van der Waals surface area (Å²) in [5.41, 5.74) is -5.19. The van der Waals surface area contributed by atoms with Crippen LogP contribution in [0.5, 0.6) is 0 Å². The number of rotatable bonds is 9. The fourth-order valence-electron chi connectivity index (χ4n) is 10.2. The van der Waals surface area contributed by atoms with Gasteiger partial charge in [-0.05, 0) is 54.8 Å². The maximum absolute atomic E-state index is 15.3. The Morgan fingerprint density at radius 2 is 1.42 bits per heavy atom. The first-order valence-electron chi connectivity index (χ1n) is 19.9. The molecule has 0 spiro atoms. The largest absolute Gasteiger partial charge is 0.456 e. The Morgan fingerprint density at radius 3 is 1.98 bits per heavy atom. The lowest BCUT2D eigenvalue weighted by Crippen LogP contribution is -2.78. The highest BCUT2D eigenvalue weighted by Crippen LogP contribution is 2.66. The van der Waals surface area contributed by atoms with E-state index < -0.39 is 106 Å². The molecule has 2 bridgehead atoms. The van der Waals surface area contributed by atoms with E-state index in [9.17, 15) is 34.5 Å². The van der Waals surface area contributed by atoms with Gasteiger partial charge in [-0.2, -0.15) is 0 Å². The van der Waals surface area contributed by atoms with Gasteiger partial charge in [0.05, 0.1) is 35.8 Å². The van der Waals surface area contributed by atoms with Crippen molar-refractivity contribution in [3.05, 3.63) is 119 Å². The first kappa shape index (κ1) is 41.9. The minimum atomic E-state index is -2.19. The number of aliphatic hydroxyl groups is 3. The van der Waals surface area contributed by atoms with Crippen molar-refractivity contribution in [2.24, 2.45) is 22.2 Å². The van der Waals surface area contributed by atoms with Crippen LogP contribution in [0.4, 0.5) is 0 Å². The van der Waals surface area contributed by atoms with Crippen molar-refractivity contribution in [2.45, 2.75) is 103 Å². The lowest BCUT2D eigenvalue weighted by molar-refractivity contribution is -0.313. The molecule has 1 saturated heterocycles. The molecule has 2 saturated carbocycles. The van der Waals surface area contributed by atoms with E-state index in [0.717, 1.165) is 6.92 Å². The molecule has 13 nitrogen and oxygen atoms in total. The number of fused-ring (bicyclic) bond motifs is 5. The van der Waals surface area contributed by atoms with Gasteiger partial charge in [0.2, 0.25) is 0 Å². The van der Waals surface area contributed by atoms with Crippen molar-refractivity contribution >= 4 is 29.6 Å². The number of aliphatic hydroxyl groups excluding tert-OH is 2. The quantitative estimate of drug-likeness (QED) is 0.135. The fraction of sp³-hybridized carbons (Fsp3) is 0.457. The maximum Gasteiger partial charge on any atom is 0.338 e. The summed E-state index contributed by atoms with van der Waals surface area (Å²) in [5.74, 6) is -5.13. The van der Waals surface area contributed by atoms with Gasteiger partial charge in [-0.1, -0.05) is 87.5 Å². The molecule has 1 amide bonds. The monoisotopic (exact) mass is 809 g/mol. The SMILES string of the molecule is CC(=O)OC1C(=O)C2(C)C(O)CC3OCC3(C)C2C(OC(=O)c2ccccc2)C2(O)CC(OC(=O)C(O)C(NC(=O)c3ccccc3)c3ccccc3)C(C)=C1C2(C)C. The molecule has 312 valence electrons. The highest BCUT2D eigenvalue weighted by atomic mass is 16.6. The van der Waals surface area contributed by atoms with Crippen LogP contribution in [-0.4, -0.2) is 93.7 Å². The van der Waals surface area contributed by atoms with Gasteiger partial charge in [0.15, 0.2) is 18.0 Å². The highest BCUT2D eigenvalue weighted by Gasteiger charge is 2.75. The van der Waals surface area contributed by atoms with Gasteiger partial charge in [0, 0.05) is 42.1 Å². The van der Waals surface area contributed by atoms with E-state index in [1.165, 1.54) is 0 Å². The molecule has 1 aliphatic heterocycles. The molecule has 59 heavy (non-hydrogen) atoms. The van der Waals surface area contributed by atoms with Crippen molar-refractivity contribution in [2.75, 3.05) is 6.61 Å². The van der Waals surface area contributed by atoms with E-state index in [0.29, 0.717) is 5.56 Å². The Hall–Kier alpha value is -5.21. The summed E-state index contributed by atoms with van der Waals surface area (Å²) < 4.78 is 24.4. The minimum Gasteiger partial charge on any atom is -0.456 e. The second kappa shape index (κ2) is 15.4. The van der Waals surface area contributed by atoms with Crippen molar-refractivity contribution in [1.82, 2.24) is 5.32 Å². The summed E-state index contributed by atoms with van der Waals surface area (Å²) in [6, 6.07) is 23.5. The van der Waals surface area contributed by atoms with Crippen molar-refractivity contribution < 1.29 is 58.2 Å². The van der Waals surface area contributed by atoms with Crippen LogP contribution in [0, 0.1) is 22.2 Å². The number of Topliss-reactive ketones (excluding diaryl/α,β-unsaturated/α-hetero) is 1. The summed E-state index contributed by atoms with van der Waals surface area (Å²) in [6.07, 6.45) is -8.86. The number of ketones is 1. The number of amides is 1. The first-order valence-corrected chi connectivity index (χ1v) is 19.9. The molecule has 1 heterocycles. The van der Waals surface area contributed by atoms with Gasteiger partial charge in [-0.3, -0.25) is 14.4 Å². The van der Waals surface area contributed by atoms with Crippen LogP contribution >= 0.6 is 0 Å². The Morgan fingerprint density at radius 1 is 0.847 bits per heavy atom. The Bertz CT molecular complexity index is 2160. The topological polar surface area (TPSA) is 195 Å². The lowest BCUT2D eigenvalue weighted by Gasteiger charge is -2.68. The van der Waals surface area contributed by atoms with Crippen molar-refractivity contribution in [3.63, 3.8) is 0 Å². The van der Waals surface area contributed by atoms with Gasteiger partial charge in [0.1, 0.15) is 17.8 Å². The summed E-state index contributed by atoms with van der Waals surface area (Å²) in [5, 5.41) is 40.0. The number of ether oxygens (including phenoxy) is 4. The first-order chi connectivity index (χ1) is 27.9. The van der Waals surface area contributed by atoms with Crippen LogP contribution in [0.2, 0.25) is 0 Å². The second-order valence-electron chi connectivity index (χ2n) is 17.3. The number of benzene rings is 3. The fourth-order valence-corrected chi connectivity index (χ4v) is 10.2. The van der Waals surface area contributed by atoms with E-state index in [2.05, 4.69) is 5.32 Å². The molecule has 4 N–H and O–H groups in total. The van der Waals surface area contributed by atoms with Crippen LogP contribution in [-0.2, 0) is 33.3 Å². The molecule has 3 aliphatic carbocycles. The summed E-state index contributed by atoms with van der Waals surface area (Å²) in [4.78, 5) is 70.0. The second-order valence-corrected chi connectivity index (χ2v) is 17.3. The maximum atomic E-state index is 15.3. The van der Waals surface area contributed by atoms with E-state index in [1.54, 1.807) is 119 Å². The normalized spacial score (nSPS) is 33.0. The number of nitrogens with one attached hydrogen (secondary N) is 1. The predicted octanol–water partition coefficient (Wildman–Crippen LogP) is 4.44. The van der Waals surface area contributed by atoms with Gasteiger partial charge in [-0.15, -0.1) is 0 Å². The average Bonchev–Trinajstić information content (AvgIpc) is 3.21. The van der Waals surface area contributed by atoms with Crippen molar-refractivity contribution in [3.8, 4) is 0 Å². The van der Waals surface area contributed by atoms with Crippen LogP contribution in [0.3, 0.4) is 0 Å². The summed E-state index contributed by atoms with van der Waals surface area (Å²) in [7, 11) is 0. The Labute approximate surface area is 342 Å². The number of hydrogen-bond acceptors (Lipinski definition) is 12. The van der Waals surface area contributed by atoms with E-state index >= 15 is 4.79 Å². The molecular formula is C46H51NO12. The zero-order chi connectivity index (χ0) is 42.7. The number of carbonyl (C=O) groups excluding carboxylic acids is 5. The van der Waals surface area contributed by atoms with E-state index in [1.807, 2.05) is 6.92 Å². The molecule has 4 aliphatic rings. The van der Waals surface area contributed by atoms with Crippen LogP contribution in [0.25, 0.3) is 0 Å². The molecule has 7 rings (SSSR count). The molecule has 3 aromatic rings. The third-order valence-electron chi connectivity index (χ3n) is 13.6. The standard InChI is InChI=1S/C46H51NO12/c1-25-30(58-42(54)35(50)34(27-16-10-7-11-17-27)47-40(52)28-18-12-8-13-19-28)23-46(55)39(59-41(53)29-20-14-9-15-21-29)37-44(5)24-56-32(44)22-31(49)45(37,6)38(51)36(57-26(2)48)33(25)43(46,3)4/h7-21,30-32,34-37,39,49-50,55H,22-24H2,1-6H3,(H,47,52). The Kier molecular flexibility index (Phi) is 11.0. The average molecular weight is 810 g/mol. The molecule has 0 aromatic heterocycles. The van der Waals surface area contributed by atoms with Gasteiger partial charge >= 0.3 is 17.9 Å². The van der Waals surface area contributed by atoms with Crippen LogP contribution in [0.15, 0.2) is 102 Å². The number of carbonyl (C=O) groups is 5. The zero-order valence-electron chi connectivity index (χ0n) is 33.9. The van der Waals surface area contributed by atoms with Gasteiger partial charge in [0.25, 0.3) is 5.91 Å². The van der Waals surface area contributed by atoms with E-state index in [-0.39, 0.29) is 35.3 Å². The zero-order valence-corrected chi connectivity index (χ0v) is 33.9. The smallest absolute Gasteiger partial charge is 0.338 e. The van der Waals surface area contributed by atoms with Crippen molar-refractivity contribution in [1.29, 1.82) is 0 Å². The predicted molar refractivity (Wildman–Crippen MR) is 211 cm³/mol. The van der Waals surface area contributed by atoms with Crippen LogP contribution < -0.4 is 5.32 Å². The molecule has 3 aromatic carbocycles. The van der Waals surface area contributed by atoms with Crippen LogP contribution in [0.1, 0.15) is 86.7 Å². The molecule has 0 radical (unpaired) electrons. The minimum absolute atomic E-state index is 0.0583. The van der Waals surface area contributed by atoms with E-state index in [4.69, 9.17) is 18.9 Å². The highest BCUT2D eigenvalue weighted by molar-refractivity contribution is 5.96. The lowest BCUT2D eigenvalue weighted by atomic mass is 9.42. The molecular weight excluding hydrogens is 759 g/mol. The number of esters is 3. The third kappa shape index (κ3) is 6.87. The molecule has 11 unspecified atom stereocenters. The van der Waals surface area contributed by atoms with Gasteiger partial charge in [-0.25, -0.2) is 9.59 Å². The van der Waals surface area contributed by atoms with Gasteiger partial charge < -0.3 is 39.6 Å². The summed E-state index contributed by atoms with van der Waals surface area (Å²) in [6.45, 7) is 9.54. The molecule has 13 heteroatoms. The number of hydrogen-bond donors (Lipinski definition) is 4. The Balaban J connectivity index is 1.36. The third-order valence-corrected chi connectivity index (χ3v) is 13.6. The summed E-state index contributed by atoms with van der Waals surface area (Å²) >= 11 is 0. The molecule has 11 atom stereocenters. The molecule has 3 fully saturated rings.